The summed E-state index contributed by atoms with van der Waals surface area (Å²) < 4.78 is 55.6. The summed E-state index contributed by atoms with van der Waals surface area (Å²) in [5.41, 5.74) is 1.74. The molecule has 3 aromatic carbocycles. The summed E-state index contributed by atoms with van der Waals surface area (Å²) in [5.74, 6) is -0.849. The Balaban J connectivity index is 1.45. The van der Waals surface area contributed by atoms with Crippen LogP contribution < -0.4 is 0 Å². The van der Waals surface area contributed by atoms with Gasteiger partial charge in [-0.3, -0.25) is 4.79 Å². The number of benzene rings is 3. The second-order valence-electron chi connectivity index (χ2n) is 12.5. The van der Waals surface area contributed by atoms with Crippen LogP contribution in [0.4, 0.5) is 4.39 Å². The first-order valence-electron chi connectivity index (χ1n) is 15.2. The van der Waals surface area contributed by atoms with Crippen LogP contribution in [0, 0.1) is 17.7 Å². The summed E-state index contributed by atoms with van der Waals surface area (Å²) >= 11 is 0. The summed E-state index contributed by atoms with van der Waals surface area (Å²) in [6, 6.07) is 18.1. The summed E-state index contributed by atoms with van der Waals surface area (Å²) in [6.45, 7) is 0.739. The molecular weight excluding hydrogens is 597 g/mol. The molecule has 45 heavy (non-hydrogen) atoms. The summed E-state index contributed by atoms with van der Waals surface area (Å²) in [6.07, 6.45) is 4.45. The van der Waals surface area contributed by atoms with Gasteiger partial charge in [0.15, 0.2) is 0 Å². The molecule has 9 nitrogen and oxygen atoms in total. The van der Waals surface area contributed by atoms with Gasteiger partial charge in [0.1, 0.15) is 11.4 Å². The quantitative estimate of drug-likeness (QED) is 0.257. The number of carbonyl (C=O) groups is 1. The van der Waals surface area contributed by atoms with Gasteiger partial charge in [0, 0.05) is 47.9 Å². The summed E-state index contributed by atoms with van der Waals surface area (Å²) in [7, 11) is -2.61. The van der Waals surface area contributed by atoms with Gasteiger partial charge in [-0.15, -0.1) is 0 Å². The van der Waals surface area contributed by atoms with Crippen molar-refractivity contribution in [3.8, 4) is 5.69 Å². The van der Waals surface area contributed by atoms with Crippen LogP contribution in [0.3, 0.4) is 0 Å². The Labute approximate surface area is 259 Å². The molecule has 0 bridgehead atoms. The average Bonchev–Trinajstić information content (AvgIpc) is 3.62. The van der Waals surface area contributed by atoms with E-state index in [-0.39, 0.29) is 28.5 Å². The van der Waals surface area contributed by atoms with E-state index in [9.17, 15) is 22.7 Å². The van der Waals surface area contributed by atoms with Crippen LogP contribution in [0.2, 0.25) is 0 Å². The van der Waals surface area contributed by atoms with Crippen molar-refractivity contribution in [2.45, 2.75) is 48.0 Å². The van der Waals surface area contributed by atoms with Gasteiger partial charge < -0.3 is 19.1 Å². The van der Waals surface area contributed by atoms with Crippen molar-refractivity contribution in [1.29, 1.82) is 0 Å². The van der Waals surface area contributed by atoms with Crippen molar-refractivity contribution < 1.29 is 32.2 Å². The van der Waals surface area contributed by atoms with Gasteiger partial charge in [-0.2, -0.15) is 17.6 Å². The summed E-state index contributed by atoms with van der Waals surface area (Å²) in [5, 5.41) is 18.2. The largest absolute Gasteiger partial charge is 0.469 e. The minimum atomic E-state index is -4.01. The van der Waals surface area contributed by atoms with E-state index in [1.807, 2.05) is 16.7 Å². The molecule has 3 atom stereocenters. The van der Waals surface area contributed by atoms with Crippen molar-refractivity contribution in [3.63, 3.8) is 0 Å². The maximum Gasteiger partial charge on any atom is 0.309 e. The predicted molar refractivity (Wildman–Crippen MR) is 164 cm³/mol. The van der Waals surface area contributed by atoms with E-state index in [4.69, 9.17) is 9.47 Å². The summed E-state index contributed by atoms with van der Waals surface area (Å²) in [4.78, 5) is 12.9. The molecule has 2 saturated carbocycles. The fourth-order valence-electron chi connectivity index (χ4n) is 8.10. The normalized spacial score (nSPS) is 24.2. The Bertz CT molecular complexity index is 2080. The lowest BCUT2D eigenvalue weighted by atomic mass is 9.40. The zero-order valence-corrected chi connectivity index (χ0v) is 25.5. The highest BCUT2D eigenvalue weighted by molar-refractivity contribution is 7.90. The Hall–Kier alpha value is -4.06. The average molecular weight is 630 g/mol. The molecule has 1 saturated heterocycles. The first-order valence-corrected chi connectivity index (χ1v) is 16.6. The monoisotopic (exact) mass is 629 g/mol. The molecule has 3 unspecified atom stereocenters. The van der Waals surface area contributed by atoms with E-state index >= 15 is 0 Å². The molecule has 232 valence electrons. The van der Waals surface area contributed by atoms with Gasteiger partial charge in [0.05, 0.1) is 40.8 Å². The molecule has 3 aliphatic rings. The van der Waals surface area contributed by atoms with Crippen LogP contribution in [0.1, 0.15) is 43.4 Å². The number of nitrogens with zero attached hydrogens (tertiary/aromatic N) is 3. The number of methoxy groups -OCH3 is 1. The molecule has 1 aliphatic heterocycles. The van der Waals surface area contributed by atoms with Crippen LogP contribution in [-0.2, 0) is 35.3 Å². The molecular formula is C34H32FN3O6S. The van der Waals surface area contributed by atoms with Crippen LogP contribution in [0.5, 0.6) is 0 Å². The smallest absolute Gasteiger partial charge is 0.309 e. The van der Waals surface area contributed by atoms with Crippen molar-refractivity contribution in [3.05, 3.63) is 90.0 Å². The van der Waals surface area contributed by atoms with Gasteiger partial charge in [-0.05, 0) is 79.3 Å². The minimum absolute atomic E-state index is 0.0214. The zero-order valence-electron chi connectivity index (χ0n) is 24.6. The molecule has 3 heterocycles. The van der Waals surface area contributed by atoms with Crippen LogP contribution >= 0.6 is 0 Å². The van der Waals surface area contributed by atoms with Gasteiger partial charge in [-0.25, -0.2) is 4.39 Å². The van der Waals surface area contributed by atoms with Gasteiger partial charge >= 0.3 is 5.97 Å². The third-order valence-electron chi connectivity index (χ3n) is 10.4. The van der Waals surface area contributed by atoms with Gasteiger partial charge in [-0.1, -0.05) is 18.2 Å². The second kappa shape index (κ2) is 9.97. The number of ether oxygens (including phenoxy) is 2. The lowest BCUT2D eigenvalue weighted by Crippen LogP contribution is -2.61. The second-order valence-corrected chi connectivity index (χ2v) is 14.3. The topological polar surface area (TPSA) is 113 Å². The molecule has 11 heteroatoms. The first kappa shape index (κ1) is 28.4. The number of carbonyl (C=O) groups excluding carboxylic acids is 1. The number of fused-ring (bicyclic) bond motifs is 3. The van der Waals surface area contributed by atoms with E-state index in [0.717, 1.165) is 33.4 Å². The van der Waals surface area contributed by atoms with E-state index in [1.54, 1.807) is 30.3 Å². The van der Waals surface area contributed by atoms with Gasteiger partial charge in [0.25, 0.3) is 10.0 Å². The highest BCUT2D eigenvalue weighted by atomic mass is 32.2. The third-order valence-corrected chi connectivity index (χ3v) is 12.0. The van der Waals surface area contributed by atoms with Crippen molar-refractivity contribution in [2.75, 3.05) is 20.3 Å². The predicted octanol–water partition coefficient (Wildman–Crippen LogP) is 5.20. The number of halogens is 1. The number of rotatable bonds is 6. The van der Waals surface area contributed by atoms with Crippen LogP contribution in [0.15, 0.2) is 77.8 Å². The number of aromatic nitrogens is 3. The first-order chi connectivity index (χ1) is 21.7. The zero-order chi connectivity index (χ0) is 31.1. The maximum atomic E-state index is 14.2. The lowest BCUT2D eigenvalue weighted by molar-refractivity contribution is -0.166. The molecule has 8 rings (SSSR count). The van der Waals surface area contributed by atoms with E-state index in [1.165, 1.54) is 37.6 Å². The molecule has 2 aliphatic carbocycles. The minimum Gasteiger partial charge on any atom is -0.469 e. The molecule has 0 radical (unpaired) electrons. The standard InChI is InChI=1S/C34H32FN3O6S/c1-43-32(39)26-19-33(12-11-27(26)33)30-25-18-28-21(20-36-38(28)45(41,42)24-5-3-2-4-6-24)17-29(25)37(23-9-7-22(35)8-10-23)31(30)34(40)13-15-44-16-14-34/h2-10,17-18,20,26-27,40H,11-16,19H2,1H3. The maximum absolute atomic E-state index is 14.2. The Kier molecular flexibility index (Phi) is 6.30. The Morgan fingerprint density at radius 1 is 1.04 bits per heavy atom. The Morgan fingerprint density at radius 2 is 1.78 bits per heavy atom. The Morgan fingerprint density at radius 3 is 2.42 bits per heavy atom. The fraction of sp³-hybridized carbons (Fsp3) is 0.353. The third kappa shape index (κ3) is 4.00. The van der Waals surface area contributed by atoms with E-state index < -0.39 is 21.0 Å². The van der Waals surface area contributed by atoms with Crippen molar-refractivity contribution >= 4 is 37.8 Å². The number of hydrogen-bond donors (Lipinski definition) is 1. The fourth-order valence-corrected chi connectivity index (χ4v) is 9.39. The SMILES string of the molecule is COC(=O)C1CC2(c3c(C4(O)CCOCC4)n(-c4ccc(F)cc4)c4cc5cnn(S(=O)(=O)c6ccccc6)c5cc34)CCC12. The highest BCUT2D eigenvalue weighted by Crippen LogP contribution is 2.68. The number of esters is 1. The van der Waals surface area contributed by atoms with E-state index in [2.05, 4.69) is 5.10 Å². The van der Waals surface area contributed by atoms with Gasteiger partial charge in [0.2, 0.25) is 0 Å². The van der Waals surface area contributed by atoms with Crippen molar-refractivity contribution in [2.24, 2.45) is 11.8 Å². The number of hydrogen-bond acceptors (Lipinski definition) is 7. The molecule has 0 spiro atoms. The highest BCUT2D eigenvalue weighted by Gasteiger charge is 2.65. The lowest BCUT2D eigenvalue weighted by Gasteiger charge is -2.63. The van der Waals surface area contributed by atoms with Crippen LogP contribution in [-0.4, -0.2) is 53.6 Å². The molecule has 3 fully saturated rings. The molecule has 5 aromatic rings. The van der Waals surface area contributed by atoms with Crippen LogP contribution in [0.25, 0.3) is 27.5 Å². The van der Waals surface area contributed by atoms with Crippen molar-refractivity contribution in [1.82, 2.24) is 13.8 Å². The molecule has 0 amide bonds. The molecule has 2 aromatic heterocycles. The van der Waals surface area contributed by atoms with E-state index in [0.29, 0.717) is 54.8 Å². The molecule has 1 N–H and O–H groups in total. The number of aliphatic hydroxyl groups is 1.